The maximum absolute atomic E-state index is 12.1. The molecule has 1 aromatic rings. The Hall–Kier alpha value is -2.08. The molecule has 1 fully saturated rings. The van der Waals surface area contributed by atoms with Crippen LogP contribution in [0.5, 0.6) is 5.75 Å². The molecule has 0 aliphatic heterocycles. The first-order chi connectivity index (χ1) is 11.6. The second-order valence-electron chi connectivity index (χ2n) is 6.16. The Kier molecular flexibility index (Phi) is 7.06. The maximum Gasteiger partial charge on any atom is 0.305 e. The molecular formula is C18H26N2O4. The SMILES string of the molecule is COC(=O)CCCOc1ccc(CNC(=O)C2CCC(N)C2)cc1. The quantitative estimate of drug-likeness (QED) is 0.558. The van der Waals surface area contributed by atoms with Crippen LogP contribution >= 0.6 is 0 Å². The van der Waals surface area contributed by atoms with Crippen molar-refractivity contribution >= 4 is 11.9 Å². The van der Waals surface area contributed by atoms with Gasteiger partial charge in [-0.1, -0.05) is 12.1 Å². The molecule has 1 amide bonds. The number of hydrogen-bond donors (Lipinski definition) is 2. The second kappa shape index (κ2) is 9.27. The Morgan fingerprint density at radius 1 is 1.25 bits per heavy atom. The molecule has 1 aliphatic carbocycles. The van der Waals surface area contributed by atoms with E-state index < -0.39 is 0 Å². The molecule has 0 heterocycles. The summed E-state index contributed by atoms with van der Waals surface area (Å²) in [6.45, 7) is 0.973. The molecule has 3 N–H and O–H groups in total. The zero-order valence-corrected chi connectivity index (χ0v) is 14.1. The summed E-state index contributed by atoms with van der Waals surface area (Å²) in [4.78, 5) is 23.0. The second-order valence-corrected chi connectivity index (χ2v) is 6.16. The number of nitrogens with two attached hydrogens (primary N) is 1. The number of carbonyl (C=O) groups is 2. The van der Waals surface area contributed by atoms with E-state index in [4.69, 9.17) is 10.5 Å². The average molecular weight is 334 g/mol. The van der Waals surface area contributed by atoms with Crippen LogP contribution in [0.25, 0.3) is 0 Å². The number of nitrogens with one attached hydrogen (secondary N) is 1. The summed E-state index contributed by atoms with van der Waals surface area (Å²) in [5.41, 5.74) is 6.86. The van der Waals surface area contributed by atoms with E-state index in [9.17, 15) is 9.59 Å². The van der Waals surface area contributed by atoms with Gasteiger partial charge >= 0.3 is 5.97 Å². The largest absolute Gasteiger partial charge is 0.494 e. The molecule has 2 rings (SSSR count). The predicted octanol–water partition coefficient (Wildman–Crippen LogP) is 1.76. The Balaban J connectivity index is 1.68. The van der Waals surface area contributed by atoms with E-state index in [0.717, 1.165) is 30.6 Å². The molecule has 2 atom stereocenters. The van der Waals surface area contributed by atoms with Crippen molar-refractivity contribution in [1.82, 2.24) is 5.32 Å². The Morgan fingerprint density at radius 3 is 2.62 bits per heavy atom. The number of carbonyl (C=O) groups excluding carboxylic acids is 2. The van der Waals surface area contributed by atoms with Crippen molar-refractivity contribution in [3.8, 4) is 5.75 Å². The molecule has 0 saturated heterocycles. The van der Waals surface area contributed by atoms with E-state index in [1.54, 1.807) is 0 Å². The Morgan fingerprint density at radius 2 is 2.00 bits per heavy atom. The molecule has 1 aromatic carbocycles. The van der Waals surface area contributed by atoms with E-state index in [0.29, 0.717) is 26.0 Å². The van der Waals surface area contributed by atoms with Crippen LogP contribution < -0.4 is 15.8 Å². The number of ether oxygens (including phenoxy) is 2. The summed E-state index contributed by atoms with van der Waals surface area (Å²) >= 11 is 0. The highest BCUT2D eigenvalue weighted by Crippen LogP contribution is 2.24. The lowest BCUT2D eigenvalue weighted by Crippen LogP contribution is -2.29. The first kappa shape index (κ1) is 18.3. The predicted molar refractivity (Wildman–Crippen MR) is 90.4 cm³/mol. The highest BCUT2D eigenvalue weighted by atomic mass is 16.5. The van der Waals surface area contributed by atoms with Crippen LogP contribution in [0.2, 0.25) is 0 Å². The standard InChI is InChI=1S/C18H26N2O4/c1-23-17(21)3-2-10-24-16-8-4-13(5-9-16)12-20-18(22)14-6-7-15(19)11-14/h4-5,8-9,14-15H,2-3,6-7,10-12,19H2,1H3,(H,20,22). The van der Waals surface area contributed by atoms with Crippen molar-refractivity contribution < 1.29 is 19.1 Å². The van der Waals surface area contributed by atoms with Gasteiger partial charge in [-0.05, 0) is 43.4 Å². The number of rotatable bonds is 8. The van der Waals surface area contributed by atoms with Crippen LogP contribution in [0.1, 0.15) is 37.7 Å². The van der Waals surface area contributed by atoms with Gasteiger partial charge in [-0.25, -0.2) is 0 Å². The zero-order chi connectivity index (χ0) is 17.4. The summed E-state index contributed by atoms with van der Waals surface area (Å²) in [7, 11) is 1.38. The third-order valence-corrected chi connectivity index (χ3v) is 4.26. The molecular weight excluding hydrogens is 308 g/mol. The molecule has 0 radical (unpaired) electrons. The molecule has 1 saturated carbocycles. The van der Waals surface area contributed by atoms with Crippen molar-refractivity contribution in [2.45, 2.75) is 44.7 Å². The summed E-state index contributed by atoms with van der Waals surface area (Å²) in [6, 6.07) is 7.75. The van der Waals surface area contributed by atoms with Gasteiger partial charge in [-0.15, -0.1) is 0 Å². The van der Waals surface area contributed by atoms with Gasteiger partial charge in [0, 0.05) is 24.9 Å². The number of amides is 1. The van der Waals surface area contributed by atoms with E-state index in [-0.39, 0.29) is 23.8 Å². The lowest BCUT2D eigenvalue weighted by molar-refractivity contribution is -0.140. The van der Waals surface area contributed by atoms with Crippen LogP contribution in [-0.4, -0.2) is 31.6 Å². The minimum atomic E-state index is -0.229. The first-order valence-electron chi connectivity index (χ1n) is 8.40. The summed E-state index contributed by atoms with van der Waals surface area (Å²) in [6.07, 6.45) is 3.56. The lowest BCUT2D eigenvalue weighted by atomic mass is 10.1. The Labute approximate surface area is 142 Å². The van der Waals surface area contributed by atoms with Gasteiger partial charge in [0.25, 0.3) is 0 Å². The topological polar surface area (TPSA) is 90.6 Å². The van der Waals surface area contributed by atoms with E-state index >= 15 is 0 Å². The minimum absolute atomic E-state index is 0.0532. The van der Waals surface area contributed by atoms with Crippen LogP contribution in [0, 0.1) is 5.92 Å². The van der Waals surface area contributed by atoms with Gasteiger partial charge in [0.2, 0.25) is 5.91 Å². The highest BCUT2D eigenvalue weighted by Gasteiger charge is 2.27. The van der Waals surface area contributed by atoms with E-state index in [1.807, 2.05) is 24.3 Å². The van der Waals surface area contributed by atoms with Gasteiger partial charge in [-0.3, -0.25) is 9.59 Å². The van der Waals surface area contributed by atoms with Crippen LogP contribution in [0.15, 0.2) is 24.3 Å². The van der Waals surface area contributed by atoms with Crippen molar-refractivity contribution in [2.24, 2.45) is 11.7 Å². The number of benzene rings is 1. The third kappa shape index (κ3) is 5.85. The molecule has 0 spiro atoms. The number of hydrogen-bond acceptors (Lipinski definition) is 5. The molecule has 24 heavy (non-hydrogen) atoms. The normalized spacial score (nSPS) is 19.8. The van der Waals surface area contributed by atoms with E-state index in [2.05, 4.69) is 10.1 Å². The zero-order valence-electron chi connectivity index (χ0n) is 14.1. The minimum Gasteiger partial charge on any atom is -0.494 e. The van der Waals surface area contributed by atoms with Crippen LogP contribution in [-0.2, 0) is 20.9 Å². The van der Waals surface area contributed by atoms with Gasteiger partial charge in [0.15, 0.2) is 0 Å². The van der Waals surface area contributed by atoms with Crippen molar-refractivity contribution in [2.75, 3.05) is 13.7 Å². The number of methoxy groups -OCH3 is 1. The molecule has 6 nitrogen and oxygen atoms in total. The molecule has 0 aromatic heterocycles. The summed E-state index contributed by atoms with van der Waals surface area (Å²) < 4.78 is 10.1. The van der Waals surface area contributed by atoms with Gasteiger partial charge < -0.3 is 20.5 Å². The molecule has 1 aliphatic rings. The van der Waals surface area contributed by atoms with Crippen LogP contribution in [0.4, 0.5) is 0 Å². The lowest BCUT2D eigenvalue weighted by Gasteiger charge is -2.11. The van der Waals surface area contributed by atoms with Gasteiger partial charge in [0.1, 0.15) is 5.75 Å². The first-order valence-corrected chi connectivity index (χ1v) is 8.40. The summed E-state index contributed by atoms with van der Waals surface area (Å²) in [5, 5.41) is 2.97. The van der Waals surface area contributed by atoms with Crippen LogP contribution in [0.3, 0.4) is 0 Å². The summed E-state index contributed by atoms with van der Waals surface area (Å²) in [5.74, 6) is 0.660. The third-order valence-electron chi connectivity index (χ3n) is 4.26. The fraction of sp³-hybridized carbons (Fsp3) is 0.556. The van der Waals surface area contributed by atoms with Gasteiger partial charge in [0.05, 0.1) is 13.7 Å². The number of esters is 1. The smallest absolute Gasteiger partial charge is 0.305 e. The monoisotopic (exact) mass is 334 g/mol. The molecule has 0 bridgehead atoms. The van der Waals surface area contributed by atoms with Crippen molar-refractivity contribution in [1.29, 1.82) is 0 Å². The van der Waals surface area contributed by atoms with Crippen molar-refractivity contribution in [3.63, 3.8) is 0 Å². The molecule has 132 valence electrons. The fourth-order valence-electron chi connectivity index (χ4n) is 2.80. The van der Waals surface area contributed by atoms with E-state index in [1.165, 1.54) is 7.11 Å². The maximum atomic E-state index is 12.1. The van der Waals surface area contributed by atoms with Gasteiger partial charge in [-0.2, -0.15) is 0 Å². The average Bonchev–Trinajstić information content (AvgIpc) is 3.04. The van der Waals surface area contributed by atoms with Crippen molar-refractivity contribution in [3.05, 3.63) is 29.8 Å². The highest BCUT2D eigenvalue weighted by molar-refractivity contribution is 5.79. The molecule has 2 unspecified atom stereocenters. The molecule has 6 heteroatoms. The fourth-order valence-corrected chi connectivity index (χ4v) is 2.80. The Bertz CT molecular complexity index is 544.